The zero-order valence-electron chi connectivity index (χ0n) is 17.4. The Kier molecular flexibility index (Phi) is 7.90. The Morgan fingerprint density at radius 1 is 1.15 bits per heavy atom. The van der Waals surface area contributed by atoms with Gasteiger partial charge in [-0.3, -0.25) is 9.36 Å². The summed E-state index contributed by atoms with van der Waals surface area (Å²) in [5.74, 6) is 1.93. The van der Waals surface area contributed by atoms with Gasteiger partial charge in [-0.25, -0.2) is 0 Å². The number of nitrogens with one attached hydrogen (secondary N) is 1. The van der Waals surface area contributed by atoms with E-state index in [1.54, 1.807) is 0 Å². The maximum Gasteiger partial charge on any atom is 0.230 e. The Hall–Kier alpha value is -1.82. The summed E-state index contributed by atoms with van der Waals surface area (Å²) in [7, 11) is 0. The topological polar surface area (TPSA) is 59.8 Å². The van der Waals surface area contributed by atoms with Crippen molar-refractivity contribution in [2.75, 3.05) is 5.75 Å². The molecule has 1 amide bonds. The molecule has 0 aliphatic heterocycles. The highest BCUT2D eigenvalue weighted by Gasteiger charge is 2.16. The third kappa shape index (κ3) is 6.38. The fourth-order valence-corrected chi connectivity index (χ4v) is 3.83. The molecular formula is C21H32N4OS. The Balaban J connectivity index is 1.97. The number of amides is 1. The molecule has 0 aliphatic rings. The molecule has 1 aromatic carbocycles. The monoisotopic (exact) mass is 388 g/mol. The third-order valence-corrected chi connectivity index (χ3v) is 5.49. The lowest BCUT2D eigenvalue weighted by atomic mass is 10.0. The summed E-state index contributed by atoms with van der Waals surface area (Å²) in [6.07, 6.45) is 3.37. The molecule has 1 heterocycles. The molecule has 0 radical (unpaired) electrons. The van der Waals surface area contributed by atoms with Crippen LogP contribution < -0.4 is 5.32 Å². The number of carbonyl (C=O) groups excluding carboxylic acids is 1. The zero-order chi connectivity index (χ0) is 20.0. The van der Waals surface area contributed by atoms with Crippen LogP contribution in [0.1, 0.15) is 57.0 Å². The van der Waals surface area contributed by atoms with Gasteiger partial charge in [0, 0.05) is 6.04 Å². The highest BCUT2D eigenvalue weighted by Crippen LogP contribution is 2.24. The molecule has 6 heteroatoms. The normalized spacial score (nSPS) is 12.4. The van der Waals surface area contributed by atoms with Crippen molar-refractivity contribution in [3.05, 3.63) is 35.2 Å². The van der Waals surface area contributed by atoms with E-state index in [9.17, 15) is 4.79 Å². The number of aryl methyl sites for hydroxylation is 3. The molecule has 148 valence electrons. The number of hydrogen-bond acceptors (Lipinski definition) is 4. The van der Waals surface area contributed by atoms with Crippen LogP contribution in [0, 0.1) is 26.7 Å². The van der Waals surface area contributed by atoms with Crippen molar-refractivity contribution < 1.29 is 4.79 Å². The lowest BCUT2D eigenvalue weighted by molar-refractivity contribution is -0.119. The molecule has 1 atom stereocenters. The molecule has 1 N–H and O–H groups in total. The van der Waals surface area contributed by atoms with E-state index in [0.717, 1.165) is 35.1 Å². The smallest absolute Gasteiger partial charge is 0.230 e. The number of hydrogen-bond donors (Lipinski definition) is 1. The van der Waals surface area contributed by atoms with Crippen LogP contribution in [0.5, 0.6) is 0 Å². The van der Waals surface area contributed by atoms with Crippen molar-refractivity contribution in [2.24, 2.45) is 5.92 Å². The molecule has 1 aromatic heterocycles. The second kappa shape index (κ2) is 9.93. The first-order chi connectivity index (χ1) is 12.8. The summed E-state index contributed by atoms with van der Waals surface area (Å²) < 4.78 is 2.03. The van der Waals surface area contributed by atoms with Gasteiger partial charge in [0.2, 0.25) is 5.91 Å². The molecule has 2 aromatic rings. The minimum Gasteiger partial charge on any atom is -0.353 e. The first-order valence-electron chi connectivity index (χ1n) is 9.69. The number of thioether (sulfide) groups is 1. The highest BCUT2D eigenvalue weighted by atomic mass is 32.2. The third-order valence-electron chi connectivity index (χ3n) is 4.56. The standard InChI is InChI=1S/C21H32N4OS/c1-14(2)8-7-9-17(5)22-20(26)13-27-21-24-23-18(6)25(21)19-12-15(3)10-11-16(19)4/h10-12,14,17H,7-9,13H2,1-6H3,(H,22,26). The van der Waals surface area contributed by atoms with Gasteiger partial charge in [-0.15, -0.1) is 10.2 Å². The average Bonchev–Trinajstić information content (AvgIpc) is 2.95. The molecule has 0 saturated carbocycles. The molecule has 0 bridgehead atoms. The number of aromatic nitrogens is 3. The zero-order valence-corrected chi connectivity index (χ0v) is 18.2. The van der Waals surface area contributed by atoms with Crippen LogP contribution in [0.4, 0.5) is 0 Å². The van der Waals surface area contributed by atoms with Crippen LogP contribution in [-0.4, -0.2) is 32.5 Å². The quantitative estimate of drug-likeness (QED) is 0.637. The van der Waals surface area contributed by atoms with Crippen molar-refractivity contribution in [3.63, 3.8) is 0 Å². The predicted octanol–water partition coefficient (Wildman–Crippen LogP) is 4.62. The molecule has 0 aliphatic carbocycles. The van der Waals surface area contributed by atoms with E-state index >= 15 is 0 Å². The maximum atomic E-state index is 12.3. The van der Waals surface area contributed by atoms with Gasteiger partial charge in [-0.1, -0.05) is 50.6 Å². The Bertz CT molecular complexity index is 770. The summed E-state index contributed by atoms with van der Waals surface area (Å²) in [5, 5.41) is 12.3. The lowest BCUT2D eigenvalue weighted by Gasteiger charge is -2.15. The Labute approximate surface area is 167 Å². The van der Waals surface area contributed by atoms with Crippen LogP contribution in [0.25, 0.3) is 5.69 Å². The summed E-state index contributed by atoms with van der Waals surface area (Å²) in [5.41, 5.74) is 3.42. The van der Waals surface area contributed by atoms with Gasteiger partial charge in [0.15, 0.2) is 5.16 Å². The first-order valence-corrected chi connectivity index (χ1v) is 10.7. The fourth-order valence-electron chi connectivity index (χ4n) is 3.03. The lowest BCUT2D eigenvalue weighted by Crippen LogP contribution is -2.33. The van der Waals surface area contributed by atoms with Crippen LogP contribution in [0.15, 0.2) is 23.4 Å². The van der Waals surface area contributed by atoms with Crippen LogP contribution in [0.2, 0.25) is 0 Å². The van der Waals surface area contributed by atoms with E-state index in [1.807, 2.05) is 11.5 Å². The predicted molar refractivity (Wildman–Crippen MR) is 113 cm³/mol. The minimum atomic E-state index is 0.0465. The number of carbonyl (C=O) groups is 1. The summed E-state index contributed by atoms with van der Waals surface area (Å²) in [4.78, 5) is 12.3. The molecule has 0 fully saturated rings. The van der Waals surface area contributed by atoms with Gasteiger partial charge in [0.25, 0.3) is 0 Å². The molecule has 1 unspecified atom stereocenters. The molecule has 0 saturated heterocycles. The minimum absolute atomic E-state index is 0.0465. The van der Waals surface area contributed by atoms with E-state index in [-0.39, 0.29) is 11.9 Å². The Morgan fingerprint density at radius 3 is 2.59 bits per heavy atom. The fraction of sp³-hybridized carbons (Fsp3) is 0.571. The van der Waals surface area contributed by atoms with E-state index in [1.165, 1.54) is 23.7 Å². The molecule has 27 heavy (non-hydrogen) atoms. The summed E-state index contributed by atoms with van der Waals surface area (Å²) in [6, 6.07) is 6.53. The first kappa shape index (κ1) is 21.5. The second-order valence-electron chi connectivity index (χ2n) is 7.74. The average molecular weight is 389 g/mol. The van der Waals surface area contributed by atoms with Gasteiger partial charge in [-0.2, -0.15) is 0 Å². The van der Waals surface area contributed by atoms with E-state index in [0.29, 0.717) is 11.7 Å². The highest BCUT2D eigenvalue weighted by molar-refractivity contribution is 7.99. The van der Waals surface area contributed by atoms with Gasteiger partial charge in [0.05, 0.1) is 11.4 Å². The van der Waals surface area contributed by atoms with Gasteiger partial charge >= 0.3 is 0 Å². The second-order valence-corrected chi connectivity index (χ2v) is 8.68. The van der Waals surface area contributed by atoms with Crippen LogP contribution >= 0.6 is 11.8 Å². The van der Waals surface area contributed by atoms with Gasteiger partial charge < -0.3 is 5.32 Å². The largest absolute Gasteiger partial charge is 0.353 e. The molecule has 0 spiro atoms. The maximum absolute atomic E-state index is 12.3. The molecule has 2 rings (SSSR count). The number of rotatable bonds is 9. The Morgan fingerprint density at radius 2 is 1.89 bits per heavy atom. The van der Waals surface area contributed by atoms with E-state index in [4.69, 9.17) is 0 Å². The summed E-state index contributed by atoms with van der Waals surface area (Å²) in [6.45, 7) is 12.6. The van der Waals surface area contributed by atoms with Crippen molar-refractivity contribution in [2.45, 2.75) is 72.0 Å². The molecular weight excluding hydrogens is 356 g/mol. The number of benzene rings is 1. The van der Waals surface area contributed by atoms with Gasteiger partial charge in [-0.05, 0) is 57.2 Å². The van der Waals surface area contributed by atoms with E-state index in [2.05, 4.69) is 68.3 Å². The molecule has 5 nitrogen and oxygen atoms in total. The van der Waals surface area contributed by atoms with Gasteiger partial charge in [0.1, 0.15) is 5.82 Å². The van der Waals surface area contributed by atoms with Crippen molar-refractivity contribution >= 4 is 17.7 Å². The van der Waals surface area contributed by atoms with E-state index < -0.39 is 0 Å². The number of nitrogens with zero attached hydrogens (tertiary/aromatic N) is 3. The van der Waals surface area contributed by atoms with Crippen LogP contribution in [-0.2, 0) is 4.79 Å². The van der Waals surface area contributed by atoms with Crippen molar-refractivity contribution in [1.82, 2.24) is 20.1 Å². The van der Waals surface area contributed by atoms with Crippen molar-refractivity contribution in [3.8, 4) is 5.69 Å². The summed E-state index contributed by atoms with van der Waals surface area (Å²) >= 11 is 1.43. The van der Waals surface area contributed by atoms with Crippen molar-refractivity contribution in [1.29, 1.82) is 0 Å². The van der Waals surface area contributed by atoms with Crippen LogP contribution in [0.3, 0.4) is 0 Å². The SMILES string of the molecule is Cc1ccc(C)c(-n2c(C)nnc2SCC(=O)NC(C)CCCC(C)C)c1.